The molecular weight excluding hydrogens is 388 g/mol. The fourth-order valence-corrected chi connectivity index (χ4v) is 2.74. The topological polar surface area (TPSA) is 51.2 Å². The monoisotopic (exact) mass is 398 g/mol. The molecule has 1 aromatic heterocycles. The van der Waals surface area contributed by atoms with E-state index < -0.39 is 0 Å². The number of esters is 1. The smallest absolute Gasteiger partial charge is 0.339 e. The van der Waals surface area contributed by atoms with Crippen molar-refractivity contribution in [2.75, 3.05) is 11.9 Å². The van der Waals surface area contributed by atoms with Gasteiger partial charge in [-0.3, -0.25) is 0 Å². The fraction of sp³-hybridized carbons (Fsp3) is 0.143. The van der Waals surface area contributed by atoms with Crippen LogP contribution in [0, 0.1) is 0 Å². The van der Waals surface area contributed by atoms with E-state index in [0.29, 0.717) is 18.0 Å². The molecule has 0 saturated heterocycles. The molecule has 1 heterocycles. The number of pyridine rings is 1. The Bertz CT molecular complexity index is 595. The van der Waals surface area contributed by atoms with Crippen LogP contribution in [-0.2, 0) is 4.74 Å². The molecule has 0 aliphatic carbocycles. The number of carbonyl (C=O) groups excluding carboxylic acids is 1. The number of hydrogen-bond donors (Lipinski definition) is 1. The Kier molecular flexibility index (Phi) is 5.14. The molecule has 0 aliphatic rings. The van der Waals surface area contributed by atoms with Crippen molar-refractivity contribution in [2.24, 2.45) is 0 Å². The highest BCUT2D eigenvalue weighted by Crippen LogP contribution is 2.32. The number of aromatic nitrogens is 1. The first-order valence-corrected chi connectivity index (χ1v) is 7.54. The van der Waals surface area contributed by atoms with E-state index >= 15 is 0 Å². The van der Waals surface area contributed by atoms with Crippen LogP contribution >= 0.6 is 31.9 Å². The van der Waals surface area contributed by atoms with Crippen LogP contribution in [0.2, 0.25) is 0 Å². The standard InChI is InChI=1S/C14H12Br2N2O2/c1-2-20-14(19)9-6-7-12(17-8-9)18-13-10(15)4-3-5-11(13)16/h3-8H,2H2,1H3,(H,17,18). The molecular formula is C14H12Br2N2O2. The number of nitrogens with one attached hydrogen (secondary N) is 1. The largest absolute Gasteiger partial charge is 0.462 e. The summed E-state index contributed by atoms with van der Waals surface area (Å²) in [5, 5.41) is 3.18. The summed E-state index contributed by atoms with van der Waals surface area (Å²) < 4.78 is 6.75. The van der Waals surface area contributed by atoms with Gasteiger partial charge in [0, 0.05) is 15.1 Å². The first-order valence-electron chi connectivity index (χ1n) is 5.96. The molecule has 0 amide bonds. The predicted octanol–water partition coefficient (Wildman–Crippen LogP) is 4.53. The first kappa shape index (κ1) is 15.0. The van der Waals surface area contributed by atoms with E-state index in [1.54, 1.807) is 19.1 Å². The summed E-state index contributed by atoms with van der Waals surface area (Å²) in [6, 6.07) is 9.20. The number of para-hydroxylation sites is 1. The van der Waals surface area contributed by atoms with Gasteiger partial charge in [0.1, 0.15) is 5.82 Å². The molecule has 4 nitrogen and oxygen atoms in total. The van der Waals surface area contributed by atoms with Crippen LogP contribution in [0.25, 0.3) is 0 Å². The number of rotatable bonds is 4. The fourth-order valence-electron chi connectivity index (χ4n) is 1.55. The molecule has 20 heavy (non-hydrogen) atoms. The summed E-state index contributed by atoms with van der Waals surface area (Å²) in [6.45, 7) is 2.12. The van der Waals surface area contributed by atoms with Crippen molar-refractivity contribution in [3.63, 3.8) is 0 Å². The number of nitrogens with zero attached hydrogens (tertiary/aromatic N) is 1. The number of benzene rings is 1. The first-order chi connectivity index (χ1) is 9.61. The zero-order valence-corrected chi connectivity index (χ0v) is 13.9. The molecule has 1 N–H and O–H groups in total. The lowest BCUT2D eigenvalue weighted by molar-refractivity contribution is 0.0526. The molecule has 0 unspecified atom stereocenters. The van der Waals surface area contributed by atoms with E-state index in [1.807, 2.05) is 18.2 Å². The number of anilines is 2. The van der Waals surface area contributed by atoms with Crippen LogP contribution in [0.1, 0.15) is 17.3 Å². The quantitative estimate of drug-likeness (QED) is 0.767. The van der Waals surface area contributed by atoms with Crippen LogP contribution in [0.4, 0.5) is 11.5 Å². The molecule has 2 aromatic rings. The van der Waals surface area contributed by atoms with E-state index in [-0.39, 0.29) is 5.97 Å². The number of carbonyl (C=O) groups is 1. The summed E-state index contributed by atoms with van der Waals surface area (Å²) in [7, 11) is 0. The Morgan fingerprint density at radius 3 is 2.50 bits per heavy atom. The molecule has 0 atom stereocenters. The van der Waals surface area contributed by atoms with Crippen LogP contribution in [0.3, 0.4) is 0 Å². The van der Waals surface area contributed by atoms with E-state index in [2.05, 4.69) is 42.2 Å². The second kappa shape index (κ2) is 6.85. The molecule has 104 valence electrons. The second-order valence-corrected chi connectivity index (χ2v) is 5.58. The van der Waals surface area contributed by atoms with Crippen molar-refractivity contribution in [1.82, 2.24) is 4.98 Å². The van der Waals surface area contributed by atoms with Crippen LogP contribution < -0.4 is 5.32 Å². The lowest BCUT2D eigenvalue weighted by Gasteiger charge is -2.10. The van der Waals surface area contributed by atoms with Crippen LogP contribution in [0.5, 0.6) is 0 Å². The van der Waals surface area contributed by atoms with Gasteiger partial charge in [-0.25, -0.2) is 9.78 Å². The maximum Gasteiger partial charge on any atom is 0.339 e. The molecule has 2 rings (SSSR count). The van der Waals surface area contributed by atoms with Gasteiger partial charge in [-0.05, 0) is 63.0 Å². The molecule has 0 aliphatic heterocycles. The molecule has 1 aromatic carbocycles. The Morgan fingerprint density at radius 2 is 1.95 bits per heavy atom. The minimum atomic E-state index is -0.367. The highest BCUT2D eigenvalue weighted by Gasteiger charge is 2.08. The SMILES string of the molecule is CCOC(=O)c1ccc(Nc2c(Br)cccc2Br)nc1. The Labute approximate surface area is 133 Å². The Hall–Kier alpha value is -1.40. The molecule has 0 fully saturated rings. The van der Waals surface area contributed by atoms with Gasteiger partial charge in [-0.1, -0.05) is 6.07 Å². The van der Waals surface area contributed by atoms with Gasteiger partial charge in [-0.2, -0.15) is 0 Å². The van der Waals surface area contributed by atoms with Gasteiger partial charge in [0.05, 0.1) is 17.9 Å². The average Bonchev–Trinajstić information content (AvgIpc) is 2.44. The maximum atomic E-state index is 11.5. The van der Waals surface area contributed by atoms with Gasteiger partial charge in [0.15, 0.2) is 0 Å². The minimum absolute atomic E-state index is 0.350. The van der Waals surface area contributed by atoms with E-state index in [4.69, 9.17) is 4.74 Å². The average molecular weight is 400 g/mol. The maximum absolute atomic E-state index is 11.5. The lowest BCUT2D eigenvalue weighted by Crippen LogP contribution is -2.05. The normalized spacial score (nSPS) is 10.2. The van der Waals surface area contributed by atoms with Gasteiger partial charge in [0.25, 0.3) is 0 Å². The molecule has 0 bridgehead atoms. The highest BCUT2D eigenvalue weighted by molar-refractivity contribution is 9.11. The predicted molar refractivity (Wildman–Crippen MR) is 85.3 cm³/mol. The van der Waals surface area contributed by atoms with Crippen molar-refractivity contribution in [3.05, 3.63) is 51.0 Å². The minimum Gasteiger partial charge on any atom is -0.462 e. The number of halogens is 2. The van der Waals surface area contributed by atoms with E-state index in [0.717, 1.165) is 14.6 Å². The molecule has 6 heteroatoms. The lowest BCUT2D eigenvalue weighted by atomic mass is 10.3. The summed E-state index contributed by atoms with van der Waals surface area (Å²) in [5.74, 6) is 0.277. The van der Waals surface area contributed by atoms with Gasteiger partial charge in [-0.15, -0.1) is 0 Å². The summed E-state index contributed by atoms with van der Waals surface area (Å²) >= 11 is 6.94. The van der Waals surface area contributed by atoms with E-state index in [9.17, 15) is 4.79 Å². The van der Waals surface area contributed by atoms with Crippen molar-refractivity contribution >= 4 is 49.3 Å². The second-order valence-electron chi connectivity index (χ2n) is 3.87. The Morgan fingerprint density at radius 1 is 1.25 bits per heavy atom. The third-order valence-corrected chi connectivity index (χ3v) is 3.81. The van der Waals surface area contributed by atoms with Crippen molar-refractivity contribution in [1.29, 1.82) is 0 Å². The van der Waals surface area contributed by atoms with E-state index in [1.165, 1.54) is 6.20 Å². The zero-order valence-electron chi connectivity index (χ0n) is 10.7. The zero-order chi connectivity index (χ0) is 14.5. The third kappa shape index (κ3) is 3.58. The van der Waals surface area contributed by atoms with Gasteiger partial charge in [0.2, 0.25) is 0 Å². The van der Waals surface area contributed by atoms with Crippen molar-refractivity contribution < 1.29 is 9.53 Å². The van der Waals surface area contributed by atoms with Crippen LogP contribution in [0.15, 0.2) is 45.5 Å². The number of hydrogen-bond acceptors (Lipinski definition) is 4. The summed E-state index contributed by atoms with van der Waals surface area (Å²) in [6.07, 6.45) is 1.49. The number of ether oxygens (including phenoxy) is 1. The summed E-state index contributed by atoms with van der Waals surface area (Å²) in [4.78, 5) is 15.7. The van der Waals surface area contributed by atoms with Crippen molar-refractivity contribution in [2.45, 2.75) is 6.92 Å². The highest BCUT2D eigenvalue weighted by atomic mass is 79.9. The van der Waals surface area contributed by atoms with Gasteiger partial charge >= 0.3 is 5.97 Å². The summed E-state index contributed by atoms with van der Waals surface area (Å²) in [5.41, 5.74) is 1.31. The molecule has 0 saturated carbocycles. The Balaban J connectivity index is 2.17. The van der Waals surface area contributed by atoms with Crippen LogP contribution in [-0.4, -0.2) is 17.6 Å². The van der Waals surface area contributed by atoms with Crippen molar-refractivity contribution in [3.8, 4) is 0 Å². The molecule has 0 radical (unpaired) electrons. The van der Waals surface area contributed by atoms with Gasteiger partial charge < -0.3 is 10.1 Å². The molecule has 0 spiro atoms. The third-order valence-electron chi connectivity index (χ3n) is 2.49.